The molecule has 1 N–H and O–H groups in total. The number of likely N-dealkylation sites (N-methyl/N-ethyl adjacent to an activating group) is 1. The van der Waals surface area contributed by atoms with Crippen LogP contribution in [0.4, 0.5) is 0 Å². The second-order valence-electron chi connectivity index (χ2n) is 4.06. The van der Waals surface area contributed by atoms with E-state index in [1.54, 1.807) is 0 Å². The van der Waals surface area contributed by atoms with E-state index in [0.29, 0.717) is 0 Å². The number of rotatable bonds is 5. The Hall–Kier alpha value is -0.570. The van der Waals surface area contributed by atoms with Gasteiger partial charge in [0.05, 0.1) is 0 Å². The molecule has 84 valence electrons. The summed E-state index contributed by atoms with van der Waals surface area (Å²) in [4.78, 5) is 2.17. The van der Waals surface area contributed by atoms with Gasteiger partial charge in [-0.05, 0) is 38.2 Å². The van der Waals surface area contributed by atoms with Crippen LogP contribution in [0.15, 0.2) is 18.2 Å². The van der Waals surface area contributed by atoms with E-state index in [2.05, 4.69) is 36.4 Å². The molecular weight excluding hydrogens is 208 g/mol. The molecule has 0 heterocycles. The second kappa shape index (κ2) is 6.11. The number of hydrogen-bond acceptors (Lipinski definition) is 2. The van der Waals surface area contributed by atoms with Crippen molar-refractivity contribution in [1.82, 2.24) is 10.2 Å². The summed E-state index contributed by atoms with van der Waals surface area (Å²) in [5.74, 6) is 0. The zero-order chi connectivity index (χ0) is 11.3. The van der Waals surface area contributed by atoms with Gasteiger partial charge in [0, 0.05) is 24.7 Å². The summed E-state index contributed by atoms with van der Waals surface area (Å²) in [6.07, 6.45) is 0. The molecule has 0 saturated heterocycles. The first-order valence-corrected chi connectivity index (χ1v) is 5.58. The first-order chi connectivity index (χ1) is 7.09. The minimum atomic E-state index is 0.840. The zero-order valence-electron chi connectivity index (χ0n) is 9.68. The molecule has 0 amide bonds. The van der Waals surface area contributed by atoms with Crippen LogP contribution in [0.5, 0.6) is 0 Å². The molecule has 0 bridgehead atoms. The highest BCUT2D eigenvalue weighted by atomic mass is 35.5. The summed E-state index contributed by atoms with van der Waals surface area (Å²) < 4.78 is 0. The van der Waals surface area contributed by atoms with E-state index < -0.39 is 0 Å². The van der Waals surface area contributed by atoms with E-state index >= 15 is 0 Å². The third kappa shape index (κ3) is 4.65. The molecule has 0 unspecified atom stereocenters. The molecule has 1 aromatic rings. The quantitative estimate of drug-likeness (QED) is 0.776. The van der Waals surface area contributed by atoms with Crippen LogP contribution in [-0.4, -0.2) is 32.1 Å². The average molecular weight is 227 g/mol. The van der Waals surface area contributed by atoms with E-state index in [-0.39, 0.29) is 0 Å². The van der Waals surface area contributed by atoms with Crippen molar-refractivity contribution in [2.45, 2.75) is 13.5 Å². The second-order valence-corrected chi connectivity index (χ2v) is 4.47. The predicted molar refractivity (Wildman–Crippen MR) is 66.4 cm³/mol. The highest BCUT2D eigenvalue weighted by Crippen LogP contribution is 2.15. The van der Waals surface area contributed by atoms with Crippen molar-refractivity contribution < 1.29 is 0 Å². The topological polar surface area (TPSA) is 15.3 Å². The maximum absolute atomic E-state index is 5.96. The number of nitrogens with one attached hydrogen (secondary N) is 1. The lowest BCUT2D eigenvalue weighted by molar-refractivity contribution is 0.400. The molecule has 0 fully saturated rings. The molecular formula is C12H19ClN2. The van der Waals surface area contributed by atoms with Crippen LogP contribution < -0.4 is 5.32 Å². The van der Waals surface area contributed by atoms with Gasteiger partial charge in [0.1, 0.15) is 0 Å². The van der Waals surface area contributed by atoms with Gasteiger partial charge in [-0.3, -0.25) is 0 Å². The smallest absolute Gasteiger partial charge is 0.0435 e. The Kier molecular flexibility index (Phi) is 5.09. The Morgan fingerprint density at radius 2 is 2.07 bits per heavy atom. The average Bonchev–Trinajstić information content (AvgIpc) is 2.18. The minimum absolute atomic E-state index is 0.840. The van der Waals surface area contributed by atoms with Crippen molar-refractivity contribution >= 4 is 11.6 Å². The highest BCUT2D eigenvalue weighted by Gasteiger charge is 1.97. The van der Waals surface area contributed by atoms with Crippen molar-refractivity contribution in [3.8, 4) is 0 Å². The van der Waals surface area contributed by atoms with Crippen LogP contribution in [0, 0.1) is 6.92 Å². The lowest BCUT2D eigenvalue weighted by Gasteiger charge is -2.10. The third-order valence-corrected chi connectivity index (χ3v) is 2.71. The highest BCUT2D eigenvalue weighted by molar-refractivity contribution is 6.31. The normalized spacial score (nSPS) is 11.0. The van der Waals surface area contributed by atoms with Crippen LogP contribution in [-0.2, 0) is 6.54 Å². The van der Waals surface area contributed by atoms with Gasteiger partial charge in [0.2, 0.25) is 0 Å². The lowest BCUT2D eigenvalue weighted by atomic mass is 10.1. The molecule has 0 saturated carbocycles. The first-order valence-electron chi connectivity index (χ1n) is 5.20. The summed E-state index contributed by atoms with van der Waals surface area (Å²) in [6, 6.07) is 6.16. The van der Waals surface area contributed by atoms with E-state index in [4.69, 9.17) is 11.6 Å². The molecule has 0 aliphatic rings. The monoisotopic (exact) mass is 226 g/mol. The molecule has 0 atom stereocenters. The number of halogens is 1. The Morgan fingerprint density at radius 1 is 1.33 bits per heavy atom. The Balaban J connectivity index is 2.35. The van der Waals surface area contributed by atoms with Gasteiger partial charge in [0.15, 0.2) is 0 Å². The van der Waals surface area contributed by atoms with E-state index in [1.165, 1.54) is 5.56 Å². The number of benzene rings is 1. The fourth-order valence-electron chi connectivity index (χ4n) is 1.35. The molecule has 0 radical (unpaired) electrons. The molecule has 1 aromatic carbocycles. The minimum Gasteiger partial charge on any atom is -0.311 e. The summed E-state index contributed by atoms with van der Waals surface area (Å²) in [7, 11) is 4.15. The van der Waals surface area contributed by atoms with Gasteiger partial charge in [-0.1, -0.05) is 23.7 Å². The molecule has 3 heteroatoms. The molecule has 0 aromatic heterocycles. The lowest BCUT2D eigenvalue weighted by Crippen LogP contribution is -2.26. The Morgan fingerprint density at radius 3 is 2.67 bits per heavy atom. The first kappa shape index (κ1) is 12.5. The predicted octanol–water partition coefficient (Wildman–Crippen LogP) is 2.30. The van der Waals surface area contributed by atoms with Crippen molar-refractivity contribution in [1.29, 1.82) is 0 Å². The van der Waals surface area contributed by atoms with Crippen molar-refractivity contribution in [2.24, 2.45) is 0 Å². The van der Waals surface area contributed by atoms with Crippen LogP contribution in [0.2, 0.25) is 5.02 Å². The molecule has 0 aliphatic heterocycles. The number of nitrogens with zero attached hydrogens (tertiary/aromatic N) is 1. The van der Waals surface area contributed by atoms with E-state index in [9.17, 15) is 0 Å². The summed E-state index contributed by atoms with van der Waals surface area (Å²) in [5.41, 5.74) is 2.43. The fraction of sp³-hybridized carbons (Fsp3) is 0.500. The van der Waals surface area contributed by atoms with Crippen LogP contribution >= 0.6 is 11.6 Å². The molecule has 15 heavy (non-hydrogen) atoms. The van der Waals surface area contributed by atoms with Gasteiger partial charge >= 0.3 is 0 Å². The standard InChI is InChI=1S/C12H19ClN2/c1-10-8-11(4-5-12(10)13)9-14-6-7-15(2)3/h4-5,8,14H,6-7,9H2,1-3H3. The van der Waals surface area contributed by atoms with Gasteiger partial charge in [-0.15, -0.1) is 0 Å². The van der Waals surface area contributed by atoms with Gasteiger partial charge in [0.25, 0.3) is 0 Å². The summed E-state index contributed by atoms with van der Waals surface area (Å²) >= 11 is 5.96. The SMILES string of the molecule is Cc1cc(CNCCN(C)C)ccc1Cl. The van der Waals surface area contributed by atoms with Gasteiger partial charge in [-0.2, -0.15) is 0 Å². The summed E-state index contributed by atoms with van der Waals surface area (Å²) in [5, 5.41) is 4.23. The Labute approximate surface area is 97.2 Å². The number of hydrogen-bond donors (Lipinski definition) is 1. The van der Waals surface area contributed by atoms with Crippen molar-refractivity contribution in [2.75, 3.05) is 27.2 Å². The van der Waals surface area contributed by atoms with E-state index in [0.717, 1.165) is 30.2 Å². The number of aryl methyl sites for hydroxylation is 1. The largest absolute Gasteiger partial charge is 0.311 e. The molecule has 0 spiro atoms. The van der Waals surface area contributed by atoms with E-state index in [1.807, 2.05) is 13.0 Å². The zero-order valence-corrected chi connectivity index (χ0v) is 10.4. The van der Waals surface area contributed by atoms with Gasteiger partial charge < -0.3 is 10.2 Å². The van der Waals surface area contributed by atoms with Crippen LogP contribution in [0.3, 0.4) is 0 Å². The van der Waals surface area contributed by atoms with Crippen molar-refractivity contribution in [3.63, 3.8) is 0 Å². The van der Waals surface area contributed by atoms with Crippen LogP contribution in [0.1, 0.15) is 11.1 Å². The Bertz CT molecular complexity index is 310. The fourth-order valence-corrected chi connectivity index (χ4v) is 1.47. The van der Waals surface area contributed by atoms with Crippen LogP contribution in [0.25, 0.3) is 0 Å². The molecule has 1 rings (SSSR count). The summed E-state index contributed by atoms with van der Waals surface area (Å²) in [6.45, 7) is 5.01. The van der Waals surface area contributed by atoms with Gasteiger partial charge in [-0.25, -0.2) is 0 Å². The molecule has 2 nitrogen and oxygen atoms in total. The van der Waals surface area contributed by atoms with Crippen molar-refractivity contribution in [3.05, 3.63) is 34.3 Å². The maximum atomic E-state index is 5.96. The maximum Gasteiger partial charge on any atom is 0.0435 e. The third-order valence-electron chi connectivity index (χ3n) is 2.29. The molecule has 0 aliphatic carbocycles.